The molecule has 0 aliphatic carbocycles. The number of aryl methyl sites for hydroxylation is 2. The van der Waals surface area contributed by atoms with Crippen LogP contribution < -0.4 is 10.2 Å². The second-order valence-electron chi connectivity index (χ2n) is 7.67. The Morgan fingerprint density at radius 2 is 1.62 bits per heavy atom. The third-order valence-corrected chi connectivity index (χ3v) is 7.15. The van der Waals surface area contributed by atoms with Crippen molar-refractivity contribution in [1.82, 2.24) is 24.1 Å². The van der Waals surface area contributed by atoms with Gasteiger partial charge in [0.2, 0.25) is 15.9 Å². The van der Waals surface area contributed by atoms with Crippen LogP contribution in [0.5, 0.6) is 0 Å². The Morgan fingerprint density at radius 1 is 0.969 bits per heavy atom. The van der Waals surface area contributed by atoms with Crippen molar-refractivity contribution in [3.05, 3.63) is 54.1 Å². The monoisotopic (exact) mass is 455 g/mol. The Kier molecular flexibility index (Phi) is 5.94. The van der Waals surface area contributed by atoms with Crippen LogP contribution in [0.2, 0.25) is 0 Å². The van der Waals surface area contributed by atoms with Gasteiger partial charge in [0.25, 0.3) is 0 Å². The van der Waals surface area contributed by atoms with Crippen molar-refractivity contribution >= 4 is 27.4 Å². The summed E-state index contributed by atoms with van der Waals surface area (Å²) in [5, 5.41) is 7.10. The predicted octanol–water partition coefficient (Wildman–Crippen LogP) is 1.75. The summed E-state index contributed by atoms with van der Waals surface area (Å²) in [5.74, 6) is 1.21. The SMILES string of the molecule is CC(=O)Nc1ccc(S(=O)(=O)N2CCN(c3cc(-n4nc(C)cc4C)ncn3)CC2)cc1. The first-order valence-corrected chi connectivity index (χ1v) is 11.7. The van der Waals surface area contributed by atoms with Gasteiger partial charge in [-0.2, -0.15) is 9.40 Å². The van der Waals surface area contributed by atoms with Crippen LogP contribution in [-0.4, -0.2) is 64.6 Å². The molecule has 0 spiro atoms. The first-order valence-electron chi connectivity index (χ1n) is 10.2. The Bertz CT molecular complexity index is 1230. The molecule has 1 N–H and O–H groups in total. The smallest absolute Gasteiger partial charge is 0.243 e. The maximum atomic E-state index is 13.0. The van der Waals surface area contributed by atoms with Crippen molar-refractivity contribution in [2.45, 2.75) is 25.7 Å². The van der Waals surface area contributed by atoms with E-state index in [0.29, 0.717) is 37.7 Å². The molecule has 1 saturated heterocycles. The summed E-state index contributed by atoms with van der Waals surface area (Å²) in [6.07, 6.45) is 1.50. The number of rotatable bonds is 5. The van der Waals surface area contributed by atoms with E-state index >= 15 is 0 Å². The third kappa shape index (κ3) is 4.48. The van der Waals surface area contributed by atoms with E-state index < -0.39 is 10.0 Å². The highest BCUT2D eigenvalue weighted by Crippen LogP contribution is 2.22. The number of hydrogen-bond acceptors (Lipinski definition) is 7. The summed E-state index contributed by atoms with van der Waals surface area (Å²) in [6.45, 7) is 7.01. The topological polar surface area (TPSA) is 113 Å². The van der Waals surface area contributed by atoms with Crippen molar-refractivity contribution in [2.75, 3.05) is 36.4 Å². The molecule has 3 heterocycles. The second kappa shape index (κ2) is 8.67. The number of benzene rings is 1. The zero-order chi connectivity index (χ0) is 22.9. The molecule has 1 amide bonds. The van der Waals surface area contributed by atoms with E-state index in [2.05, 4.69) is 20.4 Å². The van der Waals surface area contributed by atoms with Gasteiger partial charge in [-0.05, 0) is 44.2 Å². The number of hydrogen-bond donors (Lipinski definition) is 1. The van der Waals surface area contributed by atoms with Crippen LogP contribution in [0.25, 0.3) is 5.82 Å². The van der Waals surface area contributed by atoms with Gasteiger partial charge in [-0.15, -0.1) is 0 Å². The van der Waals surface area contributed by atoms with E-state index in [-0.39, 0.29) is 10.8 Å². The number of sulfonamides is 1. The molecule has 4 rings (SSSR count). The lowest BCUT2D eigenvalue weighted by atomic mass is 10.3. The number of anilines is 2. The molecule has 168 valence electrons. The Hall–Kier alpha value is -3.31. The van der Waals surface area contributed by atoms with Crippen molar-refractivity contribution in [2.24, 2.45) is 0 Å². The average Bonchev–Trinajstić information content (AvgIpc) is 3.12. The van der Waals surface area contributed by atoms with Crippen LogP contribution in [0.15, 0.2) is 47.6 Å². The quantitative estimate of drug-likeness (QED) is 0.623. The number of carbonyl (C=O) groups excluding carboxylic acids is 1. The van der Waals surface area contributed by atoms with E-state index in [4.69, 9.17) is 0 Å². The first kappa shape index (κ1) is 21.9. The van der Waals surface area contributed by atoms with Crippen LogP contribution in [-0.2, 0) is 14.8 Å². The molecule has 1 aromatic carbocycles. The largest absolute Gasteiger partial charge is 0.354 e. The molecule has 3 aromatic rings. The summed E-state index contributed by atoms with van der Waals surface area (Å²) < 4.78 is 29.3. The molecular formula is C21H25N7O3S. The van der Waals surface area contributed by atoms with E-state index in [1.54, 1.807) is 16.8 Å². The highest BCUT2D eigenvalue weighted by atomic mass is 32.2. The minimum Gasteiger partial charge on any atom is -0.354 e. The molecule has 1 fully saturated rings. The molecule has 1 aliphatic heterocycles. The lowest BCUT2D eigenvalue weighted by molar-refractivity contribution is -0.114. The summed E-state index contributed by atoms with van der Waals surface area (Å²) in [6, 6.07) is 10.0. The molecule has 0 radical (unpaired) electrons. The molecule has 2 aromatic heterocycles. The molecule has 1 aliphatic rings. The van der Waals surface area contributed by atoms with Crippen molar-refractivity contribution < 1.29 is 13.2 Å². The van der Waals surface area contributed by atoms with E-state index in [9.17, 15) is 13.2 Å². The number of carbonyl (C=O) groups is 1. The fourth-order valence-electron chi connectivity index (χ4n) is 3.71. The molecule has 0 saturated carbocycles. The summed E-state index contributed by atoms with van der Waals surface area (Å²) in [4.78, 5) is 22.1. The normalized spacial score (nSPS) is 15.0. The molecule has 11 heteroatoms. The molecule has 0 atom stereocenters. The number of amides is 1. The van der Waals surface area contributed by atoms with Crippen molar-refractivity contribution in [1.29, 1.82) is 0 Å². The van der Waals surface area contributed by atoms with Crippen molar-refractivity contribution in [3.8, 4) is 5.82 Å². The fraction of sp³-hybridized carbons (Fsp3) is 0.333. The lowest BCUT2D eigenvalue weighted by Gasteiger charge is -2.34. The first-order chi connectivity index (χ1) is 15.2. The van der Waals surface area contributed by atoms with Crippen LogP contribution >= 0.6 is 0 Å². The third-order valence-electron chi connectivity index (χ3n) is 5.24. The molecular weight excluding hydrogens is 430 g/mol. The van der Waals surface area contributed by atoms with Gasteiger partial charge in [-0.3, -0.25) is 4.79 Å². The molecule has 10 nitrogen and oxygen atoms in total. The second-order valence-corrected chi connectivity index (χ2v) is 9.61. The molecule has 32 heavy (non-hydrogen) atoms. The lowest BCUT2D eigenvalue weighted by Crippen LogP contribution is -2.49. The van der Waals surface area contributed by atoms with Gasteiger partial charge in [0.15, 0.2) is 5.82 Å². The van der Waals surface area contributed by atoms with Gasteiger partial charge in [-0.25, -0.2) is 23.1 Å². The van der Waals surface area contributed by atoms with Gasteiger partial charge in [-0.1, -0.05) is 0 Å². The van der Waals surface area contributed by atoms with Crippen molar-refractivity contribution in [3.63, 3.8) is 0 Å². The molecule has 0 bridgehead atoms. The summed E-state index contributed by atoms with van der Waals surface area (Å²) in [7, 11) is -3.62. The van der Waals surface area contributed by atoms with Gasteiger partial charge < -0.3 is 10.2 Å². The van der Waals surface area contributed by atoms with Crippen LogP contribution in [0.4, 0.5) is 11.5 Å². The van der Waals surface area contributed by atoms with Gasteiger partial charge in [0, 0.05) is 50.6 Å². The van der Waals surface area contributed by atoms with Crippen LogP contribution in [0.1, 0.15) is 18.3 Å². The van der Waals surface area contributed by atoms with E-state index in [1.165, 1.54) is 29.7 Å². The van der Waals surface area contributed by atoms with E-state index in [0.717, 1.165) is 17.2 Å². The zero-order valence-corrected chi connectivity index (χ0v) is 19.0. The Morgan fingerprint density at radius 3 is 2.22 bits per heavy atom. The maximum Gasteiger partial charge on any atom is 0.243 e. The fourth-order valence-corrected chi connectivity index (χ4v) is 5.13. The summed E-state index contributed by atoms with van der Waals surface area (Å²) in [5.41, 5.74) is 2.45. The minimum absolute atomic E-state index is 0.203. The minimum atomic E-state index is -3.62. The number of nitrogens with zero attached hydrogens (tertiary/aromatic N) is 6. The Labute approximate surface area is 186 Å². The van der Waals surface area contributed by atoms with Gasteiger partial charge >= 0.3 is 0 Å². The average molecular weight is 456 g/mol. The highest BCUT2D eigenvalue weighted by molar-refractivity contribution is 7.89. The van der Waals surface area contributed by atoms with Crippen LogP contribution in [0.3, 0.4) is 0 Å². The standard InChI is InChI=1S/C21H25N7O3S/c1-15-12-16(2)28(25-15)21-13-20(22-14-23-21)26-8-10-27(11-9-26)32(30,31)19-6-4-18(5-7-19)24-17(3)29/h4-7,12-14H,8-11H2,1-3H3,(H,24,29). The Balaban J connectivity index is 1.45. The number of piperazine rings is 1. The van der Waals surface area contributed by atoms with Crippen LogP contribution in [0, 0.1) is 13.8 Å². The van der Waals surface area contributed by atoms with Gasteiger partial charge in [0.1, 0.15) is 12.1 Å². The van der Waals surface area contributed by atoms with E-state index in [1.807, 2.05) is 30.9 Å². The maximum absolute atomic E-state index is 13.0. The number of nitrogens with one attached hydrogen (secondary N) is 1. The zero-order valence-electron chi connectivity index (χ0n) is 18.2. The van der Waals surface area contributed by atoms with Gasteiger partial charge in [0.05, 0.1) is 10.6 Å². The number of aromatic nitrogens is 4. The predicted molar refractivity (Wildman–Crippen MR) is 120 cm³/mol. The summed E-state index contributed by atoms with van der Waals surface area (Å²) >= 11 is 0. The highest BCUT2D eigenvalue weighted by Gasteiger charge is 2.29. The molecule has 0 unspecified atom stereocenters.